The molecule has 0 fully saturated rings. The van der Waals surface area contributed by atoms with Gasteiger partial charge in [-0.1, -0.05) is 6.92 Å². The van der Waals surface area contributed by atoms with Crippen LogP contribution in [0.4, 0.5) is 0 Å². The molecule has 0 radical (unpaired) electrons. The van der Waals surface area contributed by atoms with E-state index < -0.39 is 0 Å². The van der Waals surface area contributed by atoms with E-state index in [1.807, 2.05) is 6.07 Å². The highest BCUT2D eigenvalue weighted by Gasteiger charge is 2.11. The molecule has 0 aliphatic rings. The van der Waals surface area contributed by atoms with Crippen LogP contribution in [-0.4, -0.2) is 10.1 Å². The predicted molar refractivity (Wildman–Crippen MR) is 61.8 cm³/mol. The summed E-state index contributed by atoms with van der Waals surface area (Å²) in [5.74, 6) is 0.279. The van der Waals surface area contributed by atoms with Crippen LogP contribution in [0.2, 0.25) is 0 Å². The number of benzene rings is 1. The smallest absolute Gasteiger partial charge is 0.131 e. The highest BCUT2D eigenvalue weighted by molar-refractivity contribution is 9.10. The van der Waals surface area contributed by atoms with E-state index in [4.69, 9.17) is 0 Å². The van der Waals surface area contributed by atoms with Crippen LogP contribution in [-0.2, 0) is 6.42 Å². The Hall–Kier alpha value is -0.960. The van der Waals surface area contributed by atoms with Crippen LogP contribution in [0.3, 0.4) is 0 Å². The number of aryl methyl sites for hydroxylation is 2. The summed E-state index contributed by atoms with van der Waals surface area (Å²) in [6, 6.07) is 3.68. The molecule has 2 nitrogen and oxygen atoms in total. The van der Waals surface area contributed by atoms with E-state index in [1.54, 1.807) is 6.07 Å². The van der Waals surface area contributed by atoms with E-state index in [9.17, 15) is 5.11 Å². The van der Waals surface area contributed by atoms with Gasteiger partial charge < -0.3 is 10.1 Å². The molecule has 1 aromatic carbocycles. The Labute approximate surface area is 91.1 Å². The van der Waals surface area contributed by atoms with Crippen LogP contribution >= 0.6 is 15.9 Å². The van der Waals surface area contributed by atoms with Gasteiger partial charge in [0.05, 0.1) is 9.99 Å². The molecule has 74 valence electrons. The molecular weight excluding hydrogens is 242 g/mol. The van der Waals surface area contributed by atoms with E-state index in [0.29, 0.717) is 0 Å². The Bertz CT molecular complexity index is 487. The van der Waals surface area contributed by atoms with Crippen LogP contribution < -0.4 is 0 Å². The van der Waals surface area contributed by atoms with Crippen molar-refractivity contribution in [3.8, 4) is 5.75 Å². The number of hydrogen-bond acceptors (Lipinski definition) is 1. The highest BCUT2D eigenvalue weighted by Crippen LogP contribution is 2.34. The Morgan fingerprint density at radius 3 is 2.79 bits per heavy atom. The molecular formula is C11H12BrNO. The molecule has 2 N–H and O–H groups in total. The molecule has 0 aliphatic heterocycles. The number of nitrogens with one attached hydrogen (secondary N) is 1. The molecule has 0 unspecified atom stereocenters. The van der Waals surface area contributed by atoms with Crippen molar-refractivity contribution in [2.24, 2.45) is 0 Å². The van der Waals surface area contributed by atoms with Gasteiger partial charge >= 0.3 is 0 Å². The first-order chi connectivity index (χ1) is 6.65. The number of phenols is 1. The fourth-order valence-electron chi connectivity index (χ4n) is 1.86. The minimum atomic E-state index is 0.279. The van der Waals surface area contributed by atoms with E-state index in [2.05, 4.69) is 34.8 Å². The van der Waals surface area contributed by atoms with Crippen LogP contribution in [0.15, 0.2) is 16.6 Å². The van der Waals surface area contributed by atoms with Crippen molar-refractivity contribution in [2.45, 2.75) is 20.3 Å². The summed E-state index contributed by atoms with van der Waals surface area (Å²) in [6.45, 7) is 4.19. The van der Waals surface area contributed by atoms with Crippen molar-refractivity contribution in [1.29, 1.82) is 0 Å². The van der Waals surface area contributed by atoms with Crippen molar-refractivity contribution in [3.63, 3.8) is 0 Å². The summed E-state index contributed by atoms with van der Waals surface area (Å²) in [6.07, 6.45) is 1.00. The zero-order valence-corrected chi connectivity index (χ0v) is 9.77. The van der Waals surface area contributed by atoms with Crippen molar-refractivity contribution in [2.75, 3.05) is 0 Å². The van der Waals surface area contributed by atoms with E-state index in [1.165, 1.54) is 16.6 Å². The van der Waals surface area contributed by atoms with Gasteiger partial charge in [-0.25, -0.2) is 0 Å². The summed E-state index contributed by atoms with van der Waals surface area (Å²) >= 11 is 3.38. The first-order valence-electron chi connectivity index (χ1n) is 4.63. The highest BCUT2D eigenvalue weighted by atomic mass is 79.9. The van der Waals surface area contributed by atoms with Crippen molar-refractivity contribution in [1.82, 2.24) is 4.98 Å². The van der Waals surface area contributed by atoms with Crippen LogP contribution in [0, 0.1) is 6.92 Å². The number of rotatable bonds is 1. The maximum atomic E-state index is 9.52. The average Bonchev–Trinajstić information content (AvgIpc) is 2.49. The third-order valence-corrected chi connectivity index (χ3v) is 3.37. The molecule has 14 heavy (non-hydrogen) atoms. The van der Waals surface area contributed by atoms with Crippen molar-refractivity contribution < 1.29 is 5.11 Å². The molecule has 0 amide bonds. The lowest BCUT2D eigenvalue weighted by atomic mass is 10.1. The van der Waals surface area contributed by atoms with Gasteiger partial charge in [-0.3, -0.25) is 0 Å². The second kappa shape index (κ2) is 3.31. The van der Waals surface area contributed by atoms with Crippen LogP contribution in [0.1, 0.15) is 18.2 Å². The van der Waals surface area contributed by atoms with Gasteiger partial charge in [0, 0.05) is 11.1 Å². The number of aromatic amines is 1. The lowest BCUT2D eigenvalue weighted by molar-refractivity contribution is 0.473. The average molecular weight is 254 g/mol. The molecule has 2 aromatic rings. The fraction of sp³-hybridized carbons (Fsp3) is 0.273. The van der Waals surface area contributed by atoms with Crippen molar-refractivity contribution >= 4 is 26.8 Å². The summed E-state index contributed by atoms with van der Waals surface area (Å²) < 4.78 is 0.748. The lowest BCUT2D eigenvalue weighted by Crippen LogP contribution is -1.80. The molecule has 0 atom stereocenters. The first-order valence-corrected chi connectivity index (χ1v) is 5.43. The molecule has 2 rings (SSSR count). The Kier molecular flexibility index (Phi) is 2.27. The third kappa shape index (κ3) is 1.23. The zero-order chi connectivity index (χ0) is 10.3. The number of aromatic nitrogens is 1. The molecule has 3 heteroatoms. The largest absolute Gasteiger partial charge is 0.507 e. The Balaban J connectivity index is 2.87. The van der Waals surface area contributed by atoms with E-state index >= 15 is 0 Å². The number of phenolic OH excluding ortho intramolecular Hbond substituents is 1. The van der Waals surface area contributed by atoms with Crippen LogP contribution in [0.25, 0.3) is 10.9 Å². The Morgan fingerprint density at radius 1 is 1.43 bits per heavy atom. The predicted octanol–water partition coefficient (Wildman–Crippen LogP) is 3.51. The van der Waals surface area contributed by atoms with Gasteiger partial charge in [-0.2, -0.15) is 0 Å². The molecule has 0 saturated heterocycles. The lowest BCUT2D eigenvalue weighted by Gasteiger charge is -1.99. The van der Waals surface area contributed by atoms with E-state index in [0.717, 1.165) is 16.4 Å². The second-order valence-corrected chi connectivity index (χ2v) is 4.20. The summed E-state index contributed by atoms with van der Waals surface area (Å²) in [5.41, 5.74) is 3.48. The maximum absolute atomic E-state index is 9.52. The fourth-order valence-corrected chi connectivity index (χ4v) is 2.30. The summed E-state index contributed by atoms with van der Waals surface area (Å²) in [7, 11) is 0. The topological polar surface area (TPSA) is 36.0 Å². The monoisotopic (exact) mass is 253 g/mol. The number of H-pyrrole nitrogens is 1. The van der Waals surface area contributed by atoms with E-state index in [-0.39, 0.29) is 5.75 Å². The molecule has 0 bridgehead atoms. The number of fused-ring (bicyclic) bond motifs is 1. The maximum Gasteiger partial charge on any atom is 0.131 e. The number of halogens is 1. The standard InChI is InChI=1S/C11H12BrNO/c1-3-7-6(2)13-11-8(7)4-5-9(14)10(11)12/h4-5,13-14H,3H2,1-2H3. The molecule has 0 saturated carbocycles. The van der Waals surface area contributed by atoms with Gasteiger partial charge in [-0.15, -0.1) is 0 Å². The zero-order valence-electron chi connectivity index (χ0n) is 8.19. The minimum absolute atomic E-state index is 0.279. The number of hydrogen-bond donors (Lipinski definition) is 2. The summed E-state index contributed by atoms with van der Waals surface area (Å²) in [4.78, 5) is 3.28. The third-order valence-electron chi connectivity index (χ3n) is 2.57. The Morgan fingerprint density at radius 2 is 2.14 bits per heavy atom. The quantitative estimate of drug-likeness (QED) is 0.802. The minimum Gasteiger partial charge on any atom is -0.507 e. The second-order valence-electron chi connectivity index (χ2n) is 3.40. The van der Waals surface area contributed by atoms with Gasteiger partial charge in [-0.05, 0) is 47.0 Å². The molecule has 0 aliphatic carbocycles. The van der Waals surface area contributed by atoms with Gasteiger partial charge in [0.2, 0.25) is 0 Å². The number of aromatic hydroxyl groups is 1. The van der Waals surface area contributed by atoms with Gasteiger partial charge in [0.25, 0.3) is 0 Å². The SMILES string of the molecule is CCc1c(C)[nH]c2c(Br)c(O)ccc12. The summed E-state index contributed by atoms with van der Waals surface area (Å²) in [5, 5.41) is 10.7. The van der Waals surface area contributed by atoms with Gasteiger partial charge in [0.15, 0.2) is 0 Å². The van der Waals surface area contributed by atoms with Crippen LogP contribution in [0.5, 0.6) is 5.75 Å². The first kappa shape index (κ1) is 9.59. The normalized spacial score (nSPS) is 11.1. The van der Waals surface area contributed by atoms with Gasteiger partial charge in [0.1, 0.15) is 5.75 Å². The molecule has 1 aromatic heterocycles. The molecule has 0 spiro atoms. The molecule has 1 heterocycles. The van der Waals surface area contributed by atoms with Crippen molar-refractivity contribution in [3.05, 3.63) is 27.9 Å².